The molecule has 3 rings (SSSR count). The van der Waals surface area contributed by atoms with Crippen LogP contribution in [0.25, 0.3) is 10.8 Å². The summed E-state index contributed by atoms with van der Waals surface area (Å²) in [5.41, 5.74) is 0.915. The highest BCUT2D eigenvalue weighted by molar-refractivity contribution is 14.0. The number of aliphatic imine (C=N–C) groups is 1. The average Bonchev–Trinajstić information content (AvgIpc) is 2.68. The molecule has 1 aliphatic rings. The molecule has 154 valence electrons. The fraction of sp³-hybridized carbons (Fsp3) is 0.474. The Morgan fingerprint density at radius 3 is 2.50 bits per heavy atom. The van der Waals surface area contributed by atoms with Crippen molar-refractivity contribution in [2.75, 3.05) is 33.2 Å². The van der Waals surface area contributed by atoms with Crippen molar-refractivity contribution in [1.82, 2.24) is 20.1 Å². The molecule has 2 heterocycles. The van der Waals surface area contributed by atoms with Crippen molar-refractivity contribution in [2.24, 2.45) is 4.99 Å². The Labute approximate surface area is 180 Å². The molecule has 0 radical (unpaired) electrons. The van der Waals surface area contributed by atoms with E-state index in [0.29, 0.717) is 38.7 Å². The molecule has 0 bridgehead atoms. The van der Waals surface area contributed by atoms with E-state index in [0.717, 1.165) is 16.5 Å². The van der Waals surface area contributed by atoms with E-state index >= 15 is 0 Å². The van der Waals surface area contributed by atoms with Crippen LogP contribution in [0.4, 0.5) is 13.2 Å². The van der Waals surface area contributed by atoms with Gasteiger partial charge < -0.3 is 10.2 Å². The van der Waals surface area contributed by atoms with E-state index < -0.39 is 12.2 Å². The Hall–Kier alpha value is -1.62. The smallest absolute Gasteiger partial charge is 0.351 e. The lowest BCUT2D eigenvalue weighted by molar-refractivity contribution is -0.181. The third kappa shape index (κ3) is 5.25. The van der Waals surface area contributed by atoms with Crippen molar-refractivity contribution in [3.05, 3.63) is 42.2 Å². The van der Waals surface area contributed by atoms with Crippen molar-refractivity contribution >= 4 is 40.7 Å². The maximum absolute atomic E-state index is 12.9. The quantitative estimate of drug-likeness (QED) is 0.393. The Balaban J connectivity index is 0.00000280. The van der Waals surface area contributed by atoms with E-state index in [1.165, 1.54) is 11.8 Å². The number of fused-ring (bicyclic) bond motifs is 1. The second kappa shape index (κ2) is 9.73. The Kier molecular flexibility index (Phi) is 7.87. The molecule has 0 amide bonds. The van der Waals surface area contributed by atoms with Gasteiger partial charge in [0.25, 0.3) is 0 Å². The van der Waals surface area contributed by atoms with E-state index in [4.69, 9.17) is 0 Å². The second-order valence-corrected chi connectivity index (χ2v) is 6.62. The van der Waals surface area contributed by atoms with Crippen LogP contribution in [0.5, 0.6) is 0 Å². The molecule has 5 nitrogen and oxygen atoms in total. The van der Waals surface area contributed by atoms with Crippen molar-refractivity contribution < 1.29 is 13.2 Å². The molecular formula is C19H25F3IN5. The first-order valence-corrected chi connectivity index (χ1v) is 8.99. The van der Waals surface area contributed by atoms with E-state index in [-0.39, 0.29) is 24.0 Å². The minimum absolute atomic E-state index is 0. The largest absolute Gasteiger partial charge is 0.403 e. The number of pyridine rings is 1. The van der Waals surface area contributed by atoms with Gasteiger partial charge in [-0.25, -0.2) is 0 Å². The highest BCUT2D eigenvalue weighted by atomic mass is 127. The molecule has 1 fully saturated rings. The monoisotopic (exact) mass is 507 g/mol. The third-order valence-corrected chi connectivity index (χ3v) is 5.02. The lowest BCUT2D eigenvalue weighted by atomic mass is 10.1. The van der Waals surface area contributed by atoms with E-state index in [1.54, 1.807) is 13.2 Å². The molecule has 1 saturated heterocycles. The van der Waals surface area contributed by atoms with Crippen LogP contribution in [-0.2, 0) is 6.54 Å². The zero-order chi connectivity index (χ0) is 19.4. The molecule has 0 spiro atoms. The van der Waals surface area contributed by atoms with Crippen LogP contribution >= 0.6 is 24.0 Å². The van der Waals surface area contributed by atoms with E-state index in [2.05, 4.69) is 15.3 Å². The number of piperazine rings is 1. The van der Waals surface area contributed by atoms with Crippen LogP contribution in [-0.4, -0.2) is 66.2 Å². The van der Waals surface area contributed by atoms with Crippen molar-refractivity contribution in [3.8, 4) is 0 Å². The van der Waals surface area contributed by atoms with Gasteiger partial charge in [-0.15, -0.1) is 24.0 Å². The lowest BCUT2D eigenvalue weighted by Gasteiger charge is -2.39. The van der Waals surface area contributed by atoms with Gasteiger partial charge in [0.05, 0.1) is 12.2 Å². The molecule has 1 atom stereocenters. The maximum atomic E-state index is 12.9. The number of hydrogen-bond acceptors (Lipinski definition) is 3. The van der Waals surface area contributed by atoms with Gasteiger partial charge >= 0.3 is 6.18 Å². The number of hydrogen-bond donors (Lipinski definition) is 1. The van der Waals surface area contributed by atoms with Gasteiger partial charge in [0.2, 0.25) is 0 Å². The SMILES string of the molecule is CN=C(NCc1nccc2ccccc12)N1CCN(C(C)C(F)(F)F)CC1.I. The van der Waals surface area contributed by atoms with Crippen molar-refractivity contribution in [1.29, 1.82) is 0 Å². The number of rotatable bonds is 3. The lowest BCUT2D eigenvalue weighted by Crippen LogP contribution is -2.56. The van der Waals surface area contributed by atoms with E-state index in [1.807, 2.05) is 35.2 Å². The second-order valence-electron chi connectivity index (χ2n) is 6.62. The van der Waals surface area contributed by atoms with Crippen LogP contribution in [0.3, 0.4) is 0 Å². The summed E-state index contributed by atoms with van der Waals surface area (Å²) in [5.74, 6) is 0.684. The van der Waals surface area contributed by atoms with Gasteiger partial charge in [0.15, 0.2) is 5.96 Å². The molecule has 9 heteroatoms. The molecule has 1 aromatic carbocycles. The predicted molar refractivity (Wildman–Crippen MR) is 116 cm³/mol. The first-order valence-electron chi connectivity index (χ1n) is 8.99. The average molecular weight is 507 g/mol. The summed E-state index contributed by atoms with van der Waals surface area (Å²) in [6, 6.07) is 8.57. The fourth-order valence-corrected chi connectivity index (χ4v) is 3.35. The van der Waals surface area contributed by atoms with Gasteiger partial charge in [-0.3, -0.25) is 14.9 Å². The molecule has 0 saturated carbocycles. The molecule has 1 aliphatic heterocycles. The molecule has 28 heavy (non-hydrogen) atoms. The first-order chi connectivity index (χ1) is 12.9. The van der Waals surface area contributed by atoms with Crippen LogP contribution in [0.1, 0.15) is 12.6 Å². The van der Waals surface area contributed by atoms with E-state index in [9.17, 15) is 13.2 Å². The van der Waals surface area contributed by atoms with Gasteiger partial charge in [-0.1, -0.05) is 24.3 Å². The number of aromatic nitrogens is 1. The van der Waals surface area contributed by atoms with Crippen LogP contribution in [0.15, 0.2) is 41.5 Å². The van der Waals surface area contributed by atoms with Crippen molar-refractivity contribution in [2.45, 2.75) is 25.7 Å². The molecule has 0 aliphatic carbocycles. The molecule has 1 unspecified atom stereocenters. The maximum Gasteiger partial charge on any atom is 0.403 e. The van der Waals surface area contributed by atoms with Gasteiger partial charge in [0, 0.05) is 44.8 Å². The summed E-state index contributed by atoms with van der Waals surface area (Å²) in [6.45, 7) is 3.44. The number of guanidine groups is 1. The highest BCUT2D eigenvalue weighted by Gasteiger charge is 2.41. The third-order valence-electron chi connectivity index (χ3n) is 5.02. The van der Waals surface area contributed by atoms with Crippen molar-refractivity contribution in [3.63, 3.8) is 0 Å². The Morgan fingerprint density at radius 1 is 1.18 bits per heavy atom. The molecule has 1 aromatic heterocycles. The fourth-order valence-electron chi connectivity index (χ4n) is 3.35. The van der Waals surface area contributed by atoms with Crippen LogP contribution in [0, 0.1) is 0 Å². The standard InChI is InChI=1S/C19H24F3N5.HI/c1-14(19(20,21)22)26-9-11-27(12-10-26)18(23-2)25-13-17-16-6-4-3-5-15(16)7-8-24-17;/h3-8,14H,9-13H2,1-2H3,(H,23,25);1H. The highest BCUT2D eigenvalue weighted by Crippen LogP contribution is 2.25. The number of benzene rings is 1. The molecular weight excluding hydrogens is 482 g/mol. The number of nitrogens with one attached hydrogen (secondary N) is 1. The topological polar surface area (TPSA) is 43.8 Å². The zero-order valence-corrected chi connectivity index (χ0v) is 18.2. The number of halogens is 4. The summed E-state index contributed by atoms with van der Waals surface area (Å²) in [6.07, 6.45) is -2.42. The summed E-state index contributed by atoms with van der Waals surface area (Å²) < 4.78 is 38.7. The predicted octanol–water partition coefficient (Wildman–Crippen LogP) is 3.50. The summed E-state index contributed by atoms with van der Waals surface area (Å²) in [5, 5.41) is 5.49. The van der Waals surface area contributed by atoms with Crippen LogP contribution in [0.2, 0.25) is 0 Å². The zero-order valence-electron chi connectivity index (χ0n) is 15.9. The van der Waals surface area contributed by atoms with Gasteiger partial charge in [-0.2, -0.15) is 13.2 Å². The Bertz CT molecular complexity index is 798. The molecule has 1 N–H and O–H groups in total. The summed E-state index contributed by atoms with van der Waals surface area (Å²) in [7, 11) is 1.68. The normalized spacial score (nSPS) is 17.3. The summed E-state index contributed by atoms with van der Waals surface area (Å²) in [4.78, 5) is 12.2. The minimum Gasteiger partial charge on any atom is -0.351 e. The number of alkyl halides is 3. The van der Waals surface area contributed by atoms with Gasteiger partial charge in [-0.05, 0) is 18.4 Å². The summed E-state index contributed by atoms with van der Waals surface area (Å²) >= 11 is 0. The van der Waals surface area contributed by atoms with Gasteiger partial charge in [0.1, 0.15) is 6.04 Å². The minimum atomic E-state index is -4.19. The first kappa shape index (κ1) is 22.7. The number of nitrogens with zero attached hydrogens (tertiary/aromatic N) is 4. The molecule has 2 aromatic rings. The Morgan fingerprint density at radius 2 is 1.86 bits per heavy atom. The van der Waals surface area contributed by atoms with Crippen LogP contribution < -0.4 is 5.32 Å².